The highest BCUT2D eigenvalue weighted by Gasteiger charge is 2.32. The lowest BCUT2D eigenvalue weighted by molar-refractivity contribution is -0.137. The second kappa shape index (κ2) is 8.72. The quantitative estimate of drug-likeness (QED) is 0.787. The van der Waals surface area contributed by atoms with Gasteiger partial charge < -0.3 is 15.0 Å². The zero-order chi connectivity index (χ0) is 22.0. The molecule has 1 aromatic carbocycles. The number of halogens is 3. The number of alkyl halides is 3. The van der Waals surface area contributed by atoms with Crippen LogP contribution in [0, 0.1) is 0 Å². The topological polar surface area (TPSA) is 60.4 Å². The maximum Gasteiger partial charge on any atom is 0.416 e. The summed E-state index contributed by atoms with van der Waals surface area (Å²) in [7, 11) is 1.97. The van der Waals surface area contributed by atoms with Crippen molar-refractivity contribution in [3.8, 4) is 0 Å². The molecule has 10 heteroatoms. The number of nitrogens with zero attached hydrogens (tertiary/aromatic N) is 4. The largest absolute Gasteiger partial charge is 0.416 e. The molecule has 0 saturated carbocycles. The summed E-state index contributed by atoms with van der Waals surface area (Å²) >= 11 is 0. The van der Waals surface area contributed by atoms with E-state index in [4.69, 9.17) is 4.74 Å². The SMILES string of the molecule is CN1CC=C2N=C(NC(=O)CCc3ccc(C(F)(F)F)cc3)C=C(N3CCOCC3)N21. The van der Waals surface area contributed by atoms with Crippen LogP contribution in [0.1, 0.15) is 17.5 Å². The zero-order valence-electron chi connectivity index (χ0n) is 17.2. The van der Waals surface area contributed by atoms with Gasteiger partial charge >= 0.3 is 6.18 Å². The van der Waals surface area contributed by atoms with Gasteiger partial charge in [0.15, 0.2) is 0 Å². The van der Waals surface area contributed by atoms with Gasteiger partial charge in [0.05, 0.1) is 18.8 Å². The number of ether oxygens (including phenoxy) is 1. The minimum Gasteiger partial charge on any atom is -0.378 e. The van der Waals surface area contributed by atoms with E-state index in [2.05, 4.69) is 15.2 Å². The molecule has 1 saturated heterocycles. The van der Waals surface area contributed by atoms with Crippen LogP contribution in [0.15, 0.2) is 53.1 Å². The molecule has 7 nitrogen and oxygen atoms in total. The molecule has 0 aromatic heterocycles. The molecule has 0 atom stereocenters. The van der Waals surface area contributed by atoms with Crippen LogP contribution in [-0.2, 0) is 22.1 Å². The molecule has 0 spiro atoms. The lowest BCUT2D eigenvalue weighted by atomic mass is 10.1. The summed E-state index contributed by atoms with van der Waals surface area (Å²) in [6, 6.07) is 4.88. The molecule has 1 fully saturated rings. The van der Waals surface area contributed by atoms with Gasteiger partial charge in [-0.15, -0.1) is 0 Å². The molecule has 0 unspecified atom stereocenters. The lowest BCUT2D eigenvalue weighted by Crippen LogP contribution is -2.47. The number of amidine groups is 1. The monoisotopic (exact) mass is 435 g/mol. The Morgan fingerprint density at radius 1 is 1.19 bits per heavy atom. The van der Waals surface area contributed by atoms with Crippen molar-refractivity contribution in [2.45, 2.75) is 19.0 Å². The molecule has 1 amide bonds. The van der Waals surface area contributed by atoms with Crippen molar-refractivity contribution < 1.29 is 22.7 Å². The Bertz CT molecular complexity index is 918. The molecule has 0 bridgehead atoms. The standard InChI is InChI=1S/C21H24F3N5O2/c1-27-9-8-18-25-17(14-20(29(18)27)28-10-12-31-13-11-28)26-19(30)7-4-15-2-5-16(6-3-15)21(22,23)24/h2-3,5-6,8,14H,4,7,9-13H2,1H3,(H,25,26,30). The van der Waals surface area contributed by atoms with Gasteiger partial charge in [-0.1, -0.05) is 12.1 Å². The number of likely N-dealkylation sites (N-methyl/N-ethyl adjacent to an activating group) is 1. The first-order valence-corrected chi connectivity index (χ1v) is 10.1. The number of aryl methyl sites for hydroxylation is 1. The average Bonchev–Trinajstić information content (AvgIpc) is 3.13. The summed E-state index contributed by atoms with van der Waals surface area (Å²) in [5, 5.41) is 6.89. The van der Waals surface area contributed by atoms with Gasteiger partial charge in [0.1, 0.15) is 17.5 Å². The van der Waals surface area contributed by atoms with Crippen molar-refractivity contribution in [2.75, 3.05) is 39.9 Å². The summed E-state index contributed by atoms with van der Waals surface area (Å²) in [6.07, 6.45) is -0.0403. The van der Waals surface area contributed by atoms with Gasteiger partial charge in [-0.3, -0.25) is 4.79 Å². The molecule has 1 N–H and O–H groups in total. The van der Waals surface area contributed by atoms with Crippen molar-refractivity contribution in [3.63, 3.8) is 0 Å². The molecule has 31 heavy (non-hydrogen) atoms. The van der Waals surface area contributed by atoms with Crippen molar-refractivity contribution in [3.05, 3.63) is 59.2 Å². The fraction of sp³-hybridized carbons (Fsp3) is 0.429. The molecule has 4 rings (SSSR count). The first-order valence-electron chi connectivity index (χ1n) is 10.1. The van der Waals surface area contributed by atoms with Crippen LogP contribution in [0.5, 0.6) is 0 Å². The van der Waals surface area contributed by atoms with Gasteiger partial charge in [-0.05, 0) is 30.2 Å². The smallest absolute Gasteiger partial charge is 0.378 e. The summed E-state index contributed by atoms with van der Waals surface area (Å²) in [5.41, 5.74) is -0.0259. The number of hydrazine groups is 1. The first kappa shape index (κ1) is 21.4. The van der Waals surface area contributed by atoms with Crippen LogP contribution in [0.2, 0.25) is 0 Å². The Kier molecular flexibility index (Phi) is 6.01. The molecular weight excluding hydrogens is 411 g/mol. The number of aliphatic imine (C=N–C) groups is 1. The fourth-order valence-electron chi connectivity index (χ4n) is 3.69. The minimum atomic E-state index is -4.36. The van der Waals surface area contributed by atoms with E-state index in [1.807, 2.05) is 29.2 Å². The van der Waals surface area contributed by atoms with E-state index in [1.54, 1.807) is 0 Å². The van der Waals surface area contributed by atoms with Crippen LogP contribution in [-0.4, -0.2) is 66.6 Å². The van der Waals surface area contributed by atoms with E-state index in [-0.39, 0.29) is 12.3 Å². The van der Waals surface area contributed by atoms with E-state index >= 15 is 0 Å². The summed E-state index contributed by atoms with van der Waals surface area (Å²) in [4.78, 5) is 19.2. The molecule has 3 aliphatic rings. The van der Waals surface area contributed by atoms with Gasteiger partial charge in [-0.25, -0.2) is 15.0 Å². The van der Waals surface area contributed by atoms with Crippen molar-refractivity contribution in [1.82, 2.24) is 20.2 Å². The molecular formula is C21H24F3N5O2. The van der Waals surface area contributed by atoms with E-state index < -0.39 is 11.7 Å². The predicted octanol–water partition coefficient (Wildman–Crippen LogP) is 2.34. The lowest BCUT2D eigenvalue weighted by Gasteiger charge is -2.40. The van der Waals surface area contributed by atoms with Crippen molar-refractivity contribution in [2.24, 2.45) is 4.99 Å². The third-order valence-corrected chi connectivity index (χ3v) is 5.34. The Morgan fingerprint density at radius 3 is 2.58 bits per heavy atom. The number of fused-ring (bicyclic) bond motifs is 1. The summed E-state index contributed by atoms with van der Waals surface area (Å²) in [5.74, 6) is 1.90. The highest BCUT2D eigenvalue weighted by atomic mass is 19.4. The number of carbonyl (C=O) groups excluding carboxylic acids is 1. The highest BCUT2D eigenvalue weighted by molar-refractivity contribution is 6.05. The van der Waals surface area contributed by atoms with E-state index in [9.17, 15) is 18.0 Å². The van der Waals surface area contributed by atoms with E-state index in [1.165, 1.54) is 12.1 Å². The fourth-order valence-corrected chi connectivity index (χ4v) is 3.69. The highest BCUT2D eigenvalue weighted by Crippen LogP contribution is 2.30. The van der Waals surface area contributed by atoms with Gasteiger partial charge in [-0.2, -0.15) is 13.2 Å². The number of morpholine rings is 1. The van der Waals surface area contributed by atoms with Crippen LogP contribution >= 0.6 is 0 Å². The van der Waals surface area contributed by atoms with E-state index in [0.717, 1.165) is 43.4 Å². The molecule has 3 heterocycles. The maximum absolute atomic E-state index is 12.7. The molecule has 3 aliphatic heterocycles. The maximum atomic E-state index is 12.7. The summed E-state index contributed by atoms with van der Waals surface area (Å²) < 4.78 is 43.5. The summed E-state index contributed by atoms with van der Waals surface area (Å²) in [6.45, 7) is 3.49. The predicted molar refractivity (Wildman–Crippen MR) is 108 cm³/mol. The second-order valence-corrected chi connectivity index (χ2v) is 7.56. The van der Waals surface area contributed by atoms with Crippen molar-refractivity contribution in [1.29, 1.82) is 0 Å². The average molecular weight is 435 g/mol. The third-order valence-electron chi connectivity index (χ3n) is 5.34. The molecule has 1 aromatic rings. The van der Waals surface area contributed by atoms with E-state index in [0.29, 0.717) is 31.0 Å². The number of hydrogen-bond donors (Lipinski definition) is 1. The Hall–Kier alpha value is -2.85. The molecule has 0 radical (unpaired) electrons. The van der Waals surface area contributed by atoms with Crippen molar-refractivity contribution >= 4 is 11.7 Å². The van der Waals surface area contributed by atoms with Crippen LogP contribution < -0.4 is 5.32 Å². The number of carbonyl (C=O) groups is 1. The normalized spacial score (nSPS) is 19.5. The van der Waals surface area contributed by atoms with Gasteiger partial charge in [0.25, 0.3) is 0 Å². The number of rotatable bonds is 4. The Balaban J connectivity index is 1.40. The van der Waals surface area contributed by atoms with Crippen LogP contribution in [0.4, 0.5) is 13.2 Å². The minimum absolute atomic E-state index is 0.147. The van der Waals surface area contributed by atoms with Crippen LogP contribution in [0.3, 0.4) is 0 Å². The number of benzene rings is 1. The Morgan fingerprint density at radius 2 is 1.90 bits per heavy atom. The van der Waals surface area contributed by atoms with Gasteiger partial charge in [0, 0.05) is 39.2 Å². The molecule has 166 valence electrons. The number of amides is 1. The molecule has 0 aliphatic carbocycles. The van der Waals surface area contributed by atoms with Crippen LogP contribution in [0.25, 0.3) is 0 Å². The second-order valence-electron chi connectivity index (χ2n) is 7.56. The Labute approximate surface area is 178 Å². The number of nitrogens with one attached hydrogen (secondary N) is 1. The number of hydrogen-bond acceptors (Lipinski definition) is 6. The van der Waals surface area contributed by atoms with Gasteiger partial charge in [0.2, 0.25) is 5.91 Å². The zero-order valence-corrected chi connectivity index (χ0v) is 17.2. The first-order chi connectivity index (χ1) is 14.8. The third kappa shape index (κ3) is 4.91.